The van der Waals surface area contributed by atoms with Crippen molar-refractivity contribution in [1.29, 1.82) is 0 Å². The third-order valence-electron chi connectivity index (χ3n) is 2.16. The molecular formula is C13H17NO. The van der Waals surface area contributed by atoms with Gasteiger partial charge in [-0.3, -0.25) is 0 Å². The van der Waals surface area contributed by atoms with Crippen LogP contribution in [-0.4, -0.2) is 16.3 Å². The molecule has 1 unspecified atom stereocenters. The van der Waals surface area contributed by atoms with E-state index in [0.29, 0.717) is 6.54 Å². The summed E-state index contributed by atoms with van der Waals surface area (Å²) in [5.74, 6) is 0. The van der Waals surface area contributed by atoms with E-state index in [9.17, 15) is 5.21 Å². The minimum Gasteiger partial charge on any atom is -0.313 e. The van der Waals surface area contributed by atoms with Crippen LogP contribution >= 0.6 is 0 Å². The quantitative estimate of drug-likeness (QED) is 0.587. The Bertz CT molecular complexity index is 319. The number of benzene rings is 1. The van der Waals surface area contributed by atoms with Crippen LogP contribution in [0.3, 0.4) is 0 Å². The third-order valence-corrected chi connectivity index (χ3v) is 2.16. The highest BCUT2D eigenvalue weighted by atomic mass is 16.5. The van der Waals surface area contributed by atoms with E-state index >= 15 is 0 Å². The van der Waals surface area contributed by atoms with Gasteiger partial charge in [0.25, 0.3) is 0 Å². The van der Waals surface area contributed by atoms with Crippen molar-refractivity contribution in [3.63, 3.8) is 0 Å². The van der Waals surface area contributed by atoms with Crippen molar-refractivity contribution in [1.82, 2.24) is 5.06 Å². The molecule has 1 atom stereocenters. The fourth-order valence-corrected chi connectivity index (χ4v) is 1.37. The lowest BCUT2D eigenvalue weighted by molar-refractivity contribution is -0.109. The van der Waals surface area contributed by atoms with Gasteiger partial charge in [0, 0.05) is 6.54 Å². The van der Waals surface area contributed by atoms with Crippen molar-refractivity contribution >= 4 is 0 Å². The zero-order valence-corrected chi connectivity index (χ0v) is 9.00. The second kappa shape index (κ2) is 6.17. The molecular weight excluding hydrogens is 186 g/mol. The molecule has 15 heavy (non-hydrogen) atoms. The van der Waals surface area contributed by atoms with Gasteiger partial charge in [0.1, 0.15) is 0 Å². The van der Waals surface area contributed by atoms with Crippen LogP contribution in [0.15, 0.2) is 55.1 Å². The number of hydrogen-bond donors (Lipinski definition) is 1. The molecule has 0 fully saturated rings. The Kier molecular flexibility index (Phi) is 4.81. The minimum atomic E-state index is -0.129. The summed E-state index contributed by atoms with van der Waals surface area (Å²) in [6, 6.07) is 9.72. The normalized spacial score (nSPS) is 13.3. The Labute approximate surface area is 91.1 Å². The van der Waals surface area contributed by atoms with E-state index in [0.717, 1.165) is 5.56 Å². The van der Waals surface area contributed by atoms with Gasteiger partial charge in [0.2, 0.25) is 0 Å². The van der Waals surface area contributed by atoms with Crippen molar-refractivity contribution in [3.05, 3.63) is 60.7 Å². The molecule has 0 aromatic heterocycles. The lowest BCUT2D eigenvalue weighted by Crippen LogP contribution is -2.28. The van der Waals surface area contributed by atoms with Gasteiger partial charge in [-0.25, -0.2) is 0 Å². The molecule has 80 valence electrons. The largest absolute Gasteiger partial charge is 0.313 e. The van der Waals surface area contributed by atoms with Gasteiger partial charge in [-0.2, -0.15) is 5.06 Å². The van der Waals surface area contributed by atoms with E-state index in [1.807, 2.05) is 49.4 Å². The molecule has 0 spiro atoms. The number of hydrogen-bond acceptors (Lipinski definition) is 2. The second-order valence-electron chi connectivity index (χ2n) is 3.34. The maximum Gasteiger partial charge on any atom is 0.0712 e. The average molecular weight is 203 g/mol. The first-order chi connectivity index (χ1) is 7.27. The number of rotatable bonds is 5. The Balaban J connectivity index is 2.61. The van der Waals surface area contributed by atoms with Crippen LogP contribution in [0, 0.1) is 0 Å². The topological polar surface area (TPSA) is 23.5 Å². The van der Waals surface area contributed by atoms with Gasteiger partial charge in [-0.1, -0.05) is 48.6 Å². The summed E-state index contributed by atoms with van der Waals surface area (Å²) < 4.78 is 0. The molecule has 0 amide bonds. The SMILES string of the molecule is C=CC(/C=C/C)N(O)Cc1ccccc1. The fourth-order valence-electron chi connectivity index (χ4n) is 1.37. The van der Waals surface area contributed by atoms with Crippen LogP contribution < -0.4 is 0 Å². The van der Waals surface area contributed by atoms with E-state index in [4.69, 9.17) is 0 Å². The Morgan fingerprint density at radius 3 is 2.60 bits per heavy atom. The smallest absolute Gasteiger partial charge is 0.0712 e. The predicted octanol–water partition coefficient (Wildman–Crippen LogP) is 3.01. The third kappa shape index (κ3) is 3.70. The van der Waals surface area contributed by atoms with Crippen molar-refractivity contribution < 1.29 is 5.21 Å². The van der Waals surface area contributed by atoms with Gasteiger partial charge in [-0.15, -0.1) is 6.58 Å². The molecule has 1 N–H and O–H groups in total. The highest BCUT2D eigenvalue weighted by Crippen LogP contribution is 2.07. The molecule has 1 aromatic carbocycles. The van der Waals surface area contributed by atoms with E-state index < -0.39 is 0 Å². The monoisotopic (exact) mass is 203 g/mol. The molecule has 0 saturated heterocycles. The Morgan fingerprint density at radius 2 is 2.07 bits per heavy atom. The Hall–Kier alpha value is -1.38. The summed E-state index contributed by atoms with van der Waals surface area (Å²) >= 11 is 0. The molecule has 0 radical (unpaired) electrons. The zero-order chi connectivity index (χ0) is 11.1. The van der Waals surface area contributed by atoms with Crippen LogP contribution in [0.4, 0.5) is 0 Å². The van der Waals surface area contributed by atoms with E-state index in [-0.39, 0.29) is 6.04 Å². The Morgan fingerprint density at radius 1 is 1.40 bits per heavy atom. The van der Waals surface area contributed by atoms with Crippen LogP contribution in [0.25, 0.3) is 0 Å². The maximum atomic E-state index is 9.80. The summed E-state index contributed by atoms with van der Waals surface area (Å²) in [6.45, 7) is 6.11. The summed E-state index contributed by atoms with van der Waals surface area (Å²) in [7, 11) is 0. The fraction of sp³-hybridized carbons (Fsp3) is 0.231. The average Bonchev–Trinajstić information content (AvgIpc) is 2.27. The molecule has 0 saturated carbocycles. The minimum absolute atomic E-state index is 0.129. The van der Waals surface area contributed by atoms with Crippen molar-refractivity contribution in [2.45, 2.75) is 19.5 Å². The summed E-state index contributed by atoms with van der Waals surface area (Å²) in [4.78, 5) is 0. The molecule has 0 bridgehead atoms. The van der Waals surface area contributed by atoms with Gasteiger partial charge in [0.05, 0.1) is 6.04 Å². The number of nitrogens with zero attached hydrogens (tertiary/aromatic N) is 1. The van der Waals surface area contributed by atoms with E-state index in [1.54, 1.807) is 6.08 Å². The zero-order valence-electron chi connectivity index (χ0n) is 9.00. The lowest BCUT2D eigenvalue weighted by atomic mass is 10.2. The molecule has 2 heteroatoms. The molecule has 1 aromatic rings. The molecule has 0 aliphatic rings. The lowest BCUT2D eigenvalue weighted by Gasteiger charge is -2.20. The van der Waals surface area contributed by atoms with Crippen molar-refractivity contribution in [2.24, 2.45) is 0 Å². The molecule has 0 aliphatic carbocycles. The van der Waals surface area contributed by atoms with E-state index in [2.05, 4.69) is 6.58 Å². The van der Waals surface area contributed by atoms with Crippen LogP contribution in [0.5, 0.6) is 0 Å². The predicted molar refractivity (Wildman–Crippen MR) is 62.6 cm³/mol. The van der Waals surface area contributed by atoms with Crippen LogP contribution in [0.2, 0.25) is 0 Å². The van der Waals surface area contributed by atoms with Crippen LogP contribution in [0.1, 0.15) is 12.5 Å². The van der Waals surface area contributed by atoms with Crippen LogP contribution in [-0.2, 0) is 6.54 Å². The van der Waals surface area contributed by atoms with Gasteiger partial charge < -0.3 is 5.21 Å². The number of hydroxylamine groups is 2. The molecule has 2 nitrogen and oxygen atoms in total. The van der Waals surface area contributed by atoms with Crippen molar-refractivity contribution in [3.8, 4) is 0 Å². The first-order valence-electron chi connectivity index (χ1n) is 5.02. The summed E-state index contributed by atoms with van der Waals surface area (Å²) in [5.41, 5.74) is 1.08. The van der Waals surface area contributed by atoms with Gasteiger partial charge >= 0.3 is 0 Å². The van der Waals surface area contributed by atoms with Gasteiger partial charge in [-0.05, 0) is 12.5 Å². The molecule has 0 aliphatic heterocycles. The maximum absolute atomic E-state index is 9.80. The second-order valence-corrected chi connectivity index (χ2v) is 3.34. The molecule has 0 heterocycles. The molecule has 1 rings (SSSR count). The van der Waals surface area contributed by atoms with Crippen molar-refractivity contribution in [2.75, 3.05) is 0 Å². The number of allylic oxidation sites excluding steroid dienone is 1. The first kappa shape index (κ1) is 11.7. The highest BCUT2D eigenvalue weighted by molar-refractivity contribution is 5.15. The standard InChI is InChI=1S/C13H17NO/c1-3-8-13(4-2)14(15)11-12-9-6-5-7-10-12/h3-10,13,15H,2,11H2,1H3/b8-3+. The summed E-state index contributed by atoms with van der Waals surface area (Å²) in [6.07, 6.45) is 5.51. The highest BCUT2D eigenvalue weighted by Gasteiger charge is 2.09. The van der Waals surface area contributed by atoms with E-state index in [1.165, 1.54) is 5.06 Å². The van der Waals surface area contributed by atoms with Gasteiger partial charge in [0.15, 0.2) is 0 Å². The summed E-state index contributed by atoms with van der Waals surface area (Å²) in [5, 5.41) is 11.1. The first-order valence-corrected chi connectivity index (χ1v) is 5.02.